The molecule has 0 aliphatic carbocycles. The number of carbonyl (C=O) groups excluding carboxylic acids is 1. The molecule has 0 fully saturated rings. The average Bonchev–Trinajstić information content (AvgIpc) is 2.56. The van der Waals surface area contributed by atoms with Gasteiger partial charge in [-0.3, -0.25) is 9.69 Å². The molecule has 2 aromatic rings. The van der Waals surface area contributed by atoms with E-state index in [0.717, 1.165) is 11.3 Å². The van der Waals surface area contributed by atoms with Gasteiger partial charge >= 0.3 is 0 Å². The molecule has 1 N–H and O–H groups in total. The van der Waals surface area contributed by atoms with Crippen LogP contribution in [0.4, 0.5) is 5.69 Å². The molecule has 0 spiro atoms. The van der Waals surface area contributed by atoms with E-state index in [1.807, 2.05) is 43.1 Å². The number of rotatable bonds is 8. The zero-order valence-corrected chi connectivity index (χ0v) is 15.5. The van der Waals surface area contributed by atoms with Crippen LogP contribution < -0.4 is 14.8 Å². The van der Waals surface area contributed by atoms with Crippen molar-refractivity contribution in [1.82, 2.24) is 4.90 Å². The van der Waals surface area contributed by atoms with Gasteiger partial charge in [-0.1, -0.05) is 29.8 Å². The zero-order chi connectivity index (χ0) is 18.2. The van der Waals surface area contributed by atoms with E-state index in [1.165, 1.54) is 0 Å². The molecule has 0 unspecified atom stereocenters. The number of hydrogen-bond acceptors (Lipinski definition) is 4. The Bertz CT molecular complexity index is 722. The predicted molar refractivity (Wildman–Crippen MR) is 101 cm³/mol. The fourth-order valence-electron chi connectivity index (χ4n) is 2.32. The molecule has 6 heteroatoms. The highest BCUT2D eigenvalue weighted by atomic mass is 35.5. The van der Waals surface area contributed by atoms with Crippen molar-refractivity contribution < 1.29 is 14.3 Å². The normalized spacial score (nSPS) is 10.6. The van der Waals surface area contributed by atoms with E-state index in [4.69, 9.17) is 21.1 Å². The Morgan fingerprint density at radius 3 is 2.68 bits per heavy atom. The fraction of sp³-hybridized carbons (Fsp3) is 0.316. The molecular formula is C19H23ClN2O3. The van der Waals surface area contributed by atoms with Gasteiger partial charge < -0.3 is 14.8 Å². The number of halogens is 1. The van der Waals surface area contributed by atoms with Crippen LogP contribution in [0.25, 0.3) is 0 Å². The van der Waals surface area contributed by atoms with E-state index in [2.05, 4.69) is 5.32 Å². The monoisotopic (exact) mass is 362 g/mol. The molecule has 0 heterocycles. The summed E-state index contributed by atoms with van der Waals surface area (Å²) in [5, 5.41) is 3.36. The van der Waals surface area contributed by atoms with Crippen LogP contribution in [0.2, 0.25) is 5.02 Å². The first kappa shape index (κ1) is 19.1. The lowest BCUT2D eigenvalue weighted by molar-refractivity contribution is -0.117. The number of carbonyl (C=O) groups is 1. The molecule has 0 aliphatic heterocycles. The number of anilines is 1. The molecule has 0 saturated carbocycles. The number of hydrogen-bond donors (Lipinski definition) is 1. The number of ether oxygens (including phenoxy) is 2. The summed E-state index contributed by atoms with van der Waals surface area (Å²) >= 11 is 5.97. The van der Waals surface area contributed by atoms with Crippen LogP contribution in [0.1, 0.15) is 5.56 Å². The van der Waals surface area contributed by atoms with Gasteiger partial charge in [-0.15, -0.1) is 0 Å². The number of benzene rings is 2. The molecule has 0 aromatic heterocycles. The maximum Gasteiger partial charge on any atom is 0.238 e. The predicted octanol–water partition coefficient (Wildman–Crippen LogP) is 3.61. The Labute approximate surface area is 153 Å². The number of nitrogens with zero attached hydrogens (tertiary/aromatic N) is 1. The molecule has 25 heavy (non-hydrogen) atoms. The second-order valence-corrected chi connectivity index (χ2v) is 6.18. The maximum absolute atomic E-state index is 12.2. The molecular weight excluding hydrogens is 340 g/mol. The quantitative estimate of drug-likeness (QED) is 0.779. The Morgan fingerprint density at radius 2 is 1.96 bits per heavy atom. The van der Waals surface area contributed by atoms with Crippen LogP contribution in [0, 0.1) is 6.92 Å². The molecule has 0 saturated heterocycles. The first-order valence-corrected chi connectivity index (χ1v) is 8.37. The number of methoxy groups -OCH3 is 1. The minimum Gasteiger partial charge on any atom is -0.495 e. The van der Waals surface area contributed by atoms with E-state index in [-0.39, 0.29) is 12.5 Å². The van der Waals surface area contributed by atoms with Gasteiger partial charge in [0.1, 0.15) is 18.1 Å². The molecule has 5 nitrogen and oxygen atoms in total. The van der Waals surface area contributed by atoms with Crippen LogP contribution in [0.3, 0.4) is 0 Å². The molecule has 1 amide bonds. The second-order valence-electron chi connectivity index (χ2n) is 5.74. The Balaban J connectivity index is 1.80. The fourth-order valence-corrected chi connectivity index (χ4v) is 2.49. The molecule has 0 radical (unpaired) electrons. The van der Waals surface area contributed by atoms with Crippen molar-refractivity contribution in [3.8, 4) is 11.5 Å². The van der Waals surface area contributed by atoms with E-state index < -0.39 is 0 Å². The van der Waals surface area contributed by atoms with Crippen molar-refractivity contribution in [1.29, 1.82) is 0 Å². The van der Waals surface area contributed by atoms with Gasteiger partial charge in [0.15, 0.2) is 0 Å². The molecule has 2 rings (SSSR count). The Hall–Kier alpha value is -2.24. The van der Waals surface area contributed by atoms with E-state index in [9.17, 15) is 4.79 Å². The molecule has 2 aromatic carbocycles. The number of nitrogens with one attached hydrogen (secondary N) is 1. The third-order valence-corrected chi connectivity index (χ3v) is 3.91. The van der Waals surface area contributed by atoms with Gasteiger partial charge in [-0.05, 0) is 43.8 Å². The van der Waals surface area contributed by atoms with Gasteiger partial charge in [0.25, 0.3) is 0 Å². The van der Waals surface area contributed by atoms with Crippen LogP contribution in [0.15, 0.2) is 42.5 Å². The molecule has 0 bridgehead atoms. The molecule has 134 valence electrons. The lowest BCUT2D eigenvalue weighted by atomic mass is 10.2. The standard InChI is InChI=1S/C19H23ClN2O3/c1-14-6-4-5-7-17(14)25-11-10-22(2)13-19(23)21-16-12-15(20)8-9-18(16)24-3/h4-9,12H,10-11,13H2,1-3H3,(H,21,23). The number of likely N-dealkylation sites (N-methyl/N-ethyl adjacent to an activating group) is 1. The van der Waals surface area contributed by atoms with E-state index in [1.54, 1.807) is 25.3 Å². The topological polar surface area (TPSA) is 50.8 Å². The Morgan fingerprint density at radius 1 is 1.20 bits per heavy atom. The van der Waals surface area contributed by atoms with Gasteiger partial charge in [-0.2, -0.15) is 0 Å². The maximum atomic E-state index is 12.2. The van der Waals surface area contributed by atoms with Gasteiger partial charge in [0.2, 0.25) is 5.91 Å². The highest BCUT2D eigenvalue weighted by Gasteiger charge is 2.11. The van der Waals surface area contributed by atoms with Crippen molar-refractivity contribution in [2.24, 2.45) is 0 Å². The third-order valence-electron chi connectivity index (χ3n) is 3.67. The summed E-state index contributed by atoms with van der Waals surface area (Å²) in [6.45, 7) is 3.39. The van der Waals surface area contributed by atoms with Crippen molar-refractivity contribution >= 4 is 23.2 Å². The minimum absolute atomic E-state index is 0.140. The number of aryl methyl sites for hydroxylation is 1. The van der Waals surface area contributed by atoms with Gasteiger partial charge in [0, 0.05) is 11.6 Å². The summed E-state index contributed by atoms with van der Waals surface area (Å²) in [6.07, 6.45) is 0. The number of amides is 1. The zero-order valence-electron chi connectivity index (χ0n) is 14.7. The van der Waals surface area contributed by atoms with Crippen molar-refractivity contribution in [2.75, 3.05) is 39.2 Å². The molecule has 0 aliphatic rings. The summed E-state index contributed by atoms with van der Waals surface area (Å²) in [5.41, 5.74) is 1.65. The van der Waals surface area contributed by atoms with Crippen molar-refractivity contribution in [2.45, 2.75) is 6.92 Å². The van der Waals surface area contributed by atoms with E-state index in [0.29, 0.717) is 29.6 Å². The van der Waals surface area contributed by atoms with Crippen LogP contribution in [-0.4, -0.2) is 44.7 Å². The van der Waals surface area contributed by atoms with Crippen molar-refractivity contribution in [3.63, 3.8) is 0 Å². The lowest BCUT2D eigenvalue weighted by Crippen LogP contribution is -2.33. The highest BCUT2D eigenvalue weighted by Crippen LogP contribution is 2.27. The smallest absolute Gasteiger partial charge is 0.238 e. The summed E-state index contributed by atoms with van der Waals surface area (Å²) in [6, 6.07) is 13.0. The van der Waals surface area contributed by atoms with Crippen LogP contribution in [-0.2, 0) is 4.79 Å². The van der Waals surface area contributed by atoms with Gasteiger partial charge in [0.05, 0.1) is 19.3 Å². The van der Waals surface area contributed by atoms with Gasteiger partial charge in [-0.25, -0.2) is 0 Å². The first-order chi connectivity index (χ1) is 12.0. The summed E-state index contributed by atoms with van der Waals surface area (Å²) in [7, 11) is 3.42. The Kier molecular flexibility index (Phi) is 7.10. The highest BCUT2D eigenvalue weighted by molar-refractivity contribution is 6.31. The van der Waals surface area contributed by atoms with E-state index >= 15 is 0 Å². The average molecular weight is 363 g/mol. The SMILES string of the molecule is COc1ccc(Cl)cc1NC(=O)CN(C)CCOc1ccccc1C. The summed E-state index contributed by atoms with van der Waals surface area (Å²) < 4.78 is 11.0. The largest absolute Gasteiger partial charge is 0.495 e. The van der Waals surface area contributed by atoms with Crippen molar-refractivity contribution in [3.05, 3.63) is 53.1 Å². The summed E-state index contributed by atoms with van der Waals surface area (Å²) in [4.78, 5) is 14.1. The first-order valence-electron chi connectivity index (χ1n) is 8.00. The third kappa shape index (κ3) is 5.96. The molecule has 0 atom stereocenters. The number of para-hydroxylation sites is 1. The second kappa shape index (κ2) is 9.30. The summed E-state index contributed by atoms with van der Waals surface area (Å²) in [5.74, 6) is 1.30. The minimum atomic E-state index is -0.140. The lowest BCUT2D eigenvalue weighted by Gasteiger charge is -2.18. The van der Waals surface area contributed by atoms with Crippen LogP contribution in [0.5, 0.6) is 11.5 Å². The van der Waals surface area contributed by atoms with Crippen LogP contribution >= 0.6 is 11.6 Å².